The van der Waals surface area contributed by atoms with Gasteiger partial charge in [-0.2, -0.15) is 9.97 Å². The molecule has 0 amide bonds. The van der Waals surface area contributed by atoms with E-state index in [9.17, 15) is 0 Å². The number of methoxy groups -OCH3 is 2. The van der Waals surface area contributed by atoms with Gasteiger partial charge in [0.25, 0.3) is 0 Å². The van der Waals surface area contributed by atoms with Crippen LogP contribution in [-0.2, 0) is 0 Å². The molecule has 1 saturated carbocycles. The van der Waals surface area contributed by atoms with Gasteiger partial charge in [-0.15, -0.1) is 4.98 Å². The first-order chi connectivity index (χ1) is 8.22. The SMILES string of the molecule is COc1nc(NC2CCCC2N)nc(OC)n1. The molecule has 0 aliphatic heterocycles. The minimum absolute atomic E-state index is 0.142. The van der Waals surface area contributed by atoms with E-state index in [1.165, 1.54) is 14.2 Å². The molecule has 1 aromatic heterocycles. The quantitative estimate of drug-likeness (QED) is 0.773. The molecule has 7 nitrogen and oxygen atoms in total. The summed E-state index contributed by atoms with van der Waals surface area (Å²) in [7, 11) is 3.00. The number of ether oxygens (including phenoxy) is 2. The van der Waals surface area contributed by atoms with Crippen molar-refractivity contribution >= 4 is 5.95 Å². The van der Waals surface area contributed by atoms with Crippen LogP contribution >= 0.6 is 0 Å². The van der Waals surface area contributed by atoms with Crippen LogP contribution in [0.5, 0.6) is 12.0 Å². The molecule has 0 radical (unpaired) electrons. The molecule has 0 saturated heterocycles. The van der Waals surface area contributed by atoms with Gasteiger partial charge in [0.2, 0.25) is 5.95 Å². The van der Waals surface area contributed by atoms with Gasteiger partial charge in [-0.3, -0.25) is 0 Å². The molecule has 0 bridgehead atoms. The van der Waals surface area contributed by atoms with Crippen LogP contribution in [-0.4, -0.2) is 41.3 Å². The second-order valence-electron chi connectivity index (χ2n) is 3.98. The minimum atomic E-state index is 0.142. The number of rotatable bonds is 4. The van der Waals surface area contributed by atoms with Crippen molar-refractivity contribution in [3.63, 3.8) is 0 Å². The highest BCUT2D eigenvalue weighted by molar-refractivity contribution is 5.30. The fourth-order valence-electron chi connectivity index (χ4n) is 1.92. The highest BCUT2D eigenvalue weighted by Crippen LogP contribution is 2.21. The van der Waals surface area contributed by atoms with Gasteiger partial charge in [0, 0.05) is 12.1 Å². The van der Waals surface area contributed by atoms with Crippen molar-refractivity contribution in [2.75, 3.05) is 19.5 Å². The average Bonchev–Trinajstić information content (AvgIpc) is 2.74. The molecule has 1 aromatic rings. The zero-order valence-corrected chi connectivity index (χ0v) is 10.0. The lowest BCUT2D eigenvalue weighted by molar-refractivity contribution is 0.340. The molecule has 2 atom stereocenters. The van der Waals surface area contributed by atoms with Crippen LogP contribution in [0.3, 0.4) is 0 Å². The van der Waals surface area contributed by atoms with Crippen LogP contribution in [0, 0.1) is 0 Å². The lowest BCUT2D eigenvalue weighted by atomic mass is 10.2. The summed E-state index contributed by atoms with van der Waals surface area (Å²) in [5, 5.41) is 3.19. The normalized spacial score (nSPS) is 23.5. The lowest BCUT2D eigenvalue weighted by Crippen LogP contribution is -2.35. The third-order valence-electron chi connectivity index (χ3n) is 2.84. The summed E-state index contributed by atoms with van der Waals surface area (Å²) in [4.78, 5) is 12.1. The Morgan fingerprint density at radius 3 is 2.24 bits per heavy atom. The highest BCUT2D eigenvalue weighted by Gasteiger charge is 2.24. The summed E-state index contributed by atoms with van der Waals surface area (Å²) in [5.74, 6) is 0.441. The smallest absolute Gasteiger partial charge is 0.324 e. The summed E-state index contributed by atoms with van der Waals surface area (Å²) in [5.41, 5.74) is 5.97. The van der Waals surface area contributed by atoms with Crippen molar-refractivity contribution in [1.82, 2.24) is 15.0 Å². The fourth-order valence-corrected chi connectivity index (χ4v) is 1.92. The van der Waals surface area contributed by atoms with Gasteiger partial charge in [0.1, 0.15) is 0 Å². The Morgan fingerprint density at radius 1 is 1.12 bits per heavy atom. The first kappa shape index (κ1) is 11.8. The molecule has 0 aromatic carbocycles. The van der Waals surface area contributed by atoms with Gasteiger partial charge in [0.15, 0.2) is 0 Å². The number of hydrogen-bond acceptors (Lipinski definition) is 7. The molecular weight excluding hydrogens is 222 g/mol. The molecule has 1 aliphatic rings. The third-order valence-corrected chi connectivity index (χ3v) is 2.84. The van der Waals surface area contributed by atoms with Crippen molar-refractivity contribution in [3.8, 4) is 12.0 Å². The molecule has 2 unspecified atom stereocenters. The number of aromatic nitrogens is 3. The molecule has 2 rings (SSSR count). The summed E-state index contributed by atoms with van der Waals surface area (Å²) < 4.78 is 9.95. The van der Waals surface area contributed by atoms with Gasteiger partial charge < -0.3 is 20.5 Å². The van der Waals surface area contributed by atoms with Crippen LogP contribution in [0.15, 0.2) is 0 Å². The Bertz CT molecular complexity index is 365. The van der Waals surface area contributed by atoms with Crippen LogP contribution in [0.4, 0.5) is 5.95 Å². The molecule has 1 aliphatic carbocycles. The van der Waals surface area contributed by atoms with Crippen molar-refractivity contribution in [3.05, 3.63) is 0 Å². The first-order valence-corrected chi connectivity index (χ1v) is 5.59. The van der Waals surface area contributed by atoms with Crippen molar-refractivity contribution in [2.24, 2.45) is 5.73 Å². The standard InChI is InChI=1S/C10H17N5O2/c1-16-9-13-8(14-10(15-9)17-2)12-7-5-3-4-6(7)11/h6-7H,3-5,11H2,1-2H3,(H,12,13,14,15). The first-order valence-electron chi connectivity index (χ1n) is 5.59. The van der Waals surface area contributed by atoms with E-state index < -0.39 is 0 Å². The Morgan fingerprint density at radius 2 is 1.76 bits per heavy atom. The fraction of sp³-hybridized carbons (Fsp3) is 0.700. The van der Waals surface area contributed by atoms with E-state index in [1.54, 1.807) is 0 Å². The molecule has 1 heterocycles. The number of hydrogen-bond donors (Lipinski definition) is 2. The largest absolute Gasteiger partial charge is 0.467 e. The highest BCUT2D eigenvalue weighted by atomic mass is 16.5. The number of nitrogens with one attached hydrogen (secondary N) is 1. The Kier molecular flexibility index (Phi) is 3.58. The van der Waals surface area contributed by atoms with E-state index in [1.807, 2.05) is 0 Å². The van der Waals surface area contributed by atoms with E-state index in [0.717, 1.165) is 19.3 Å². The molecule has 0 spiro atoms. The second-order valence-corrected chi connectivity index (χ2v) is 3.98. The van der Waals surface area contributed by atoms with Crippen molar-refractivity contribution in [2.45, 2.75) is 31.3 Å². The summed E-state index contributed by atoms with van der Waals surface area (Å²) in [6.07, 6.45) is 3.17. The van der Waals surface area contributed by atoms with Crippen LogP contribution in [0.1, 0.15) is 19.3 Å². The van der Waals surface area contributed by atoms with Crippen LogP contribution < -0.4 is 20.5 Å². The van der Waals surface area contributed by atoms with Crippen molar-refractivity contribution < 1.29 is 9.47 Å². The number of anilines is 1. The van der Waals surface area contributed by atoms with Gasteiger partial charge in [-0.1, -0.05) is 0 Å². The zero-order valence-electron chi connectivity index (χ0n) is 10.0. The van der Waals surface area contributed by atoms with Crippen molar-refractivity contribution in [1.29, 1.82) is 0 Å². The summed E-state index contributed by atoms with van der Waals surface area (Å²) in [6, 6.07) is 0.799. The Labute approximate surface area is 99.8 Å². The molecule has 3 N–H and O–H groups in total. The van der Waals surface area contributed by atoms with Gasteiger partial charge in [-0.05, 0) is 19.3 Å². The zero-order chi connectivity index (χ0) is 12.3. The molecule has 94 valence electrons. The van der Waals surface area contributed by atoms with E-state index in [-0.39, 0.29) is 24.1 Å². The monoisotopic (exact) mass is 239 g/mol. The average molecular weight is 239 g/mol. The van der Waals surface area contributed by atoms with Gasteiger partial charge in [-0.25, -0.2) is 0 Å². The number of nitrogens with two attached hydrogens (primary N) is 1. The second kappa shape index (κ2) is 5.13. The van der Waals surface area contributed by atoms with E-state index in [4.69, 9.17) is 15.2 Å². The number of nitrogens with zero attached hydrogens (tertiary/aromatic N) is 3. The van der Waals surface area contributed by atoms with Gasteiger partial charge in [0.05, 0.1) is 14.2 Å². The van der Waals surface area contributed by atoms with E-state index in [2.05, 4.69) is 20.3 Å². The summed E-state index contributed by atoms with van der Waals surface area (Å²) >= 11 is 0. The van der Waals surface area contributed by atoms with Crippen LogP contribution in [0.2, 0.25) is 0 Å². The van der Waals surface area contributed by atoms with Crippen LogP contribution in [0.25, 0.3) is 0 Å². The maximum absolute atomic E-state index is 5.97. The molecule has 1 fully saturated rings. The maximum atomic E-state index is 5.97. The predicted molar refractivity (Wildman–Crippen MR) is 62.2 cm³/mol. The molecule has 17 heavy (non-hydrogen) atoms. The maximum Gasteiger partial charge on any atom is 0.324 e. The van der Waals surface area contributed by atoms with E-state index >= 15 is 0 Å². The minimum Gasteiger partial charge on any atom is -0.467 e. The summed E-state index contributed by atoms with van der Waals surface area (Å²) in [6.45, 7) is 0. The van der Waals surface area contributed by atoms with Gasteiger partial charge >= 0.3 is 12.0 Å². The van der Waals surface area contributed by atoms with E-state index in [0.29, 0.717) is 5.95 Å². The third kappa shape index (κ3) is 2.73. The molecular formula is C10H17N5O2. The topological polar surface area (TPSA) is 95.2 Å². The predicted octanol–water partition coefficient (Wildman–Crippen LogP) is 0.181. The lowest BCUT2D eigenvalue weighted by Gasteiger charge is -2.17. The Hall–Kier alpha value is -1.63. The molecule has 7 heteroatoms. The Balaban J connectivity index is 2.14.